The molecule has 1 aliphatic rings. The van der Waals surface area contributed by atoms with E-state index >= 15 is 0 Å². The summed E-state index contributed by atoms with van der Waals surface area (Å²) in [6.45, 7) is 6.56. The summed E-state index contributed by atoms with van der Waals surface area (Å²) in [7, 11) is 0. The molecule has 1 saturated heterocycles. The van der Waals surface area contributed by atoms with E-state index in [0.29, 0.717) is 12.6 Å². The Balaban J connectivity index is 1.96. The first-order chi connectivity index (χ1) is 8.83. The molecule has 0 saturated carbocycles. The first-order valence-corrected chi connectivity index (χ1v) is 6.80. The van der Waals surface area contributed by atoms with Gasteiger partial charge in [0.15, 0.2) is 0 Å². The number of nitrogens with two attached hydrogens (primary N) is 1. The van der Waals surface area contributed by atoms with Crippen LogP contribution in [0.25, 0.3) is 0 Å². The summed E-state index contributed by atoms with van der Waals surface area (Å²) < 4.78 is 5.70. The zero-order chi connectivity index (χ0) is 12.8. The van der Waals surface area contributed by atoms with Gasteiger partial charge in [-0.25, -0.2) is 0 Å². The summed E-state index contributed by atoms with van der Waals surface area (Å²) in [5.74, 6) is 0. The van der Waals surface area contributed by atoms with Crippen LogP contribution < -0.4 is 5.73 Å². The van der Waals surface area contributed by atoms with Crippen LogP contribution in [0.2, 0.25) is 0 Å². The molecular weight excluding hydrogens is 226 g/mol. The summed E-state index contributed by atoms with van der Waals surface area (Å²) in [5, 5.41) is 0. The summed E-state index contributed by atoms with van der Waals surface area (Å²) in [5.41, 5.74) is 7.96. The van der Waals surface area contributed by atoms with Crippen molar-refractivity contribution in [1.29, 1.82) is 0 Å². The van der Waals surface area contributed by atoms with Crippen LogP contribution >= 0.6 is 0 Å². The highest BCUT2D eigenvalue weighted by atomic mass is 16.5. The van der Waals surface area contributed by atoms with Crippen molar-refractivity contribution in [3.8, 4) is 0 Å². The Morgan fingerprint density at radius 3 is 3.11 bits per heavy atom. The fraction of sp³-hybridized carbons (Fsp3) is 0.643. The maximum Gasteiger partial charge on any atom is 0.0702 e. The fourth-order valence-corrected chi connectivity index (χ4v) is 2.42. The molecule has 1 aromatic heterocycles. The quantitative estimate of drug-likeness (QED) is 0.831. The molecule has 0 radical (unpaired) electrons. The van der Waals surface area contributed by atoms with Crippen molar-refractivity contribution in [2.24, 2.45) is 5.73 Å². The second kappa shape index (κ2) is 6.83. The third-order valence-electron chi connectivity index (χ3n) is 3.50. The molecule has 0 spiro atoms. The Kier molecular flexibility index (Phi) is 5.11. The topological polar surface area (TPSA) is 51.4 Å². The standard InChI is InChI=1S/C14H23N3O/c1-2-17(11-13-6-4-8-18-13)10-12-5-3-7-16-14(12)9-15/h3,5,7,13H,2,4,6,8-11,15H2,1H3. The van der Waals surface area contributed by atoms with Crippen molar-refractivity contribution in [2.75, 3.05) is 19.7 Å². The van der Waals surface area contributed by atoms with E-state index in [4.69, 9.17) is 10.5 Å². The summed E-state index contributed by atoms with van der Waals surface area (Å²) in [6.07, 6.45) is 4.60. The lowest BCUT2D eigenvalue weighted by Gasteiger charge is -2.24. The molecule has 2 heterocycles. The van der Waals surface area contributed by atoms with Crippen LogP contribution in [0.1, 0.15) is 31.0 Å². The minimum absolute atomic E-state index is 0.406. The lowest BCUT2D eigenvalue weighted by atomic mass is 10.1. The number of ether oxygens (including phenoxy) is 1. The minimum Gasteiger partial charge on any atom is -0.377 e. The molecule has 1 atom stereocenters. The predicted octanol–water partition coefficient (Wildman–Crippen LogP) is 1.54. The number of aromatic nitrogens is 1. The van der Waals surface area contributed by atoms with Crippen LogP contribution in [-0.2, 0) is 17.8 Å². The molecule has 0 aliphatic carbocycles. The number of hydrogen-bond donors (Lipinski definition) is 1. The molecule has 0 amide bonds. The van der Waals surface area contributed by atoms with E-state index in [9.17, 15) is 0 Å². The third kappa shape index (κ3) is 3.51. The summed E-state index contributed by atoms with van der Waals surface area (Å²) in [6, 6.07) is 4.10. The van der Waals surface area contributed by atoms with Gasteiger partial charge in [-0.3, -0.25) is 9.88 Å². The average Bonchev–Trinajstić information content (AvgIpc) is 2.91. The van der Waals surface area contributed by atoms with E-state index in [2.05, 4.69) is 22.9 Å². The van der Waals surface area contributed by atoms with E-state index < -0.39 is 0 Å². The lowest BCUT2D eigenvalue weighted by molar-refractivity contribution is 0.0723. The van der Waals surface area contributed by atoms with Crippen molar-refractivity contribution < 1.29 is 4.74 Å². The van der Waals surface area contributed by atoms with Gasteiger partial charge < -0.3 is 10.5 Å². The second-order valence-corrected chi connectivity index (χ2v) is 4.78. The predicted molar refractivity (Wildman–Crippen MR) is 72.1 cm³/mol. The van der Waals surface area contributed by atoms with Crippen LogP contribution in [0, 0.1) is 0 Å². The van der Waals surface area contributed by atoms with Gasteiger partial charge in [-0.2, -0.15) is 0 Å². The lowest BCUT2D eigenvalue weighted by Crippen LogP contribution is -2.32. The van der Waals surface area contributed by atoms with Crippen molar-refractivity contribution in [3.63, 3.8) is 0 Å². The monoisotopic (exact) mass is 249 g/mol. The van der Waals surface area contributed by atoms with E-state index in [1.54, 1.807) is 0 Å². The van der Waals surface area contributed by atoms with Crippen LogP contribution in [0.15, 0.2) is 18.3 Å². The number of pyridine rings is 1. The molecule has 0 aromatic carbocycles. The third-order valence-corrected chi connectivity index (χ3v) is 3.50. The number of hydrogen-bond acceptors (Lipinski definition) is 4. The van der Waals surface area contributed by atoms with Gasteiger partial charge in [0, 0.05) is 32.4 Å². The Morgan fingerprint density at radius 2 is 2.44 bits per heavy atom. The van der Waals surface area contributed by atoms with Gasteiger partial charge in [-0.05, 0) is 31.0 Å². The van der Waals surface area contributed by atoms with Gasteiger partial charge in [0.05, 0.1) is 11.8 Å². The van der Waals surface area contributed by atoms with Crippen LogP contribution in [-0.4, -0.2) is 35.7 Å². The van der Waals surface area contributed by atoms with E-state index in [1.807, 2.05) is 12.3 Å². The van der Waals surface area contributed by atoms with Crippen molar-refractivity contribution in [3.05, 3.63) is 29.6 Å². The van der Waals surface area contributed by atoms with Crippen LogP contribution in [0.3, 0.4) is 0 Å². The Hall–Kier alpha value is -0.970. The van der Waals surface area contributed by atoms with E-state index in [0.717, 1.165) is 31.9 Å². The van der Waals surface area contributed by atoms with Gasteiger partial charge >= 0.3 is 0 Å². The molecule has 2 N–H and O–H groups in total. The average molecular weight is 249 g/mol. The second-order valence-electron chi connectivity index (χ2n) is 4.78. The minimum atomic E-state index is 0.406. The maximum atomic E-state index is 5.73. The van der Waals surface area contributed by atoms with Crippen molar-refractivity contribution in [2.45, 2.75) is 39.0 Å². The first-order valence-electron chi connectivity index (χ1n) is 6.80. The molecule has 100 valence electrons. The van der Waals surface area contributed by atoms with Gasteiger partial charge in [0.25, 0.3) is 0 Å². The number of likely N-dealkylation sites (N-methyl/N-ethyl adjacent to an activating group) is 1. The van der Waals surface area contributed by atoms with Crippen molar-refractivity contribution in [1.82, 2.24) is 9.88 Å². The molecule has 1 fully saturated rings. The number of rotatable bonds is 6. The van der Waals surface area contributed by atoms with Gasteiger partial charge in [0.2, 0.25) is 0 Å². The Labute approximate surface area is 109 Å². The van der Waals surface area contributed by atoms with E-state index in [1.165, 1.54) is 18.4 Å². The van der Waals surface area contributed by atoms with E-state index in [-0.39, 0.29) is 0 Å². The highest BCUT2D eigenvalue weighted by Gasteiger charge is 2.19. The fourth-order valence-electron chi connectivity index (χ4n) is 2.42. The van der Waals surface area contributed by atoms with Gasteiger partial charge in [-0.15, -0.1) is 0 Å². The molecular formula is C14H23N3O. The maximum absolute atomic E-state index is 5.73. The summed E-state index contributed by atoms with van der Waals surface area (Å²) in [4.78, 5) is 6.74. The molecule has 4 heteroatoms. The molecule has 1 aromatic rings. The van der Waals surface area contributed by atoms with Crippen LogP contribution in [0.5, 0.6) is 0 Å². The Bertz CT molecular complexity index is 364. The van der Waals surface area contributed by atoms with Crippen LogP contribution in [0.4, 0.5) is 0 Å². The molecule has 1 aliphatic heterocycles. The number of nitrogens with zero attached hydrogens (tertiary/aromatic N) is 2. The highest BCUT2D eigenvalue weighted by Crippen LogP contribution is 2.15. The zero-order valence-corrected chi connectivity index (χ0v) is 11.1. The Morgan fingerprint density at radius 1 is 1.56 bits per heavy atom. The van der Waals surface area contributed by atoms with Gasteiger partial charge in [-0.1, -0.05) is 13.0 Å². The zero-order valence-electron chi connectivity index (χ0n) is 11.1. The molecule has 2 rings (SSSR count). The van der Waals surface area contributed by atoms with Gasteiger partial charge in [0.1, 0.15) is 0 Å². The molecule has 1 unspecified atom stereocenters. The molecule has 0 bridgehead atoms. The SMILES string of the molecule is CCN(Cc1cccnc1CN)CC1CCCO1. The molecule has 4 nitrogen and oxygen atoms in total. The first kappa shape index (κ1) is 13.5. The van der Waals surface area contributed by atoms with Crippen molar-refractivity contribution >= 4 is 0 Å². The smallest absolute Gasteiger partial charge is 0.0702 e. The normalized spacial score (nSPS) is 19.6. The molecule has 18 heavy (non-hydrogen) atoms. The highest BCUT2D eigenvalue weighted by molar-refractivity contribution is 5.19. The largest absolute Gasteiger partial charge is 0.377 e. The summed E-state index contributed by atoms with van der Waals surface area (Å²) >= 11 is 0.